The van der Waals surface area contributed by atoms with Crippen LogP contribution in [0.4, 0.5) is 0 Å². The summed E-state index contributed by atoms with van der Waals surface area (Å²) < 4.78 is 16.6. The van der Waals surface area contributed by atoms with Gasteiger partial charge in [-0.2, -0.15) is 0 Å². The van der Waals surface area contributed by atoms with E-state index in [1.807, 2.05) is 0 Å². The molecule has 0 saturated carbocycles. The molecule has 0 aromatic heterocycles. The van der Waals surface area contributed by atoms with Crippen molar-refractivity contribution in [3.63, 3.8) is 0 Å². The molecule has 0 heterocycles. The van der Waals surface area contributed by atoms with Crippen molar-refractivity contribution in [2.45, 2.75) is 239 Å². The van der Waals surface area contributed by atoms with Crippen LogP contribution in [0.1, 0.15) is 233 Å². The highest BCUT2D eigenvalue weighted by atomic mass is 16.6. The van der Waals surface area contributed by atoms with E-state index in [0.717, 1.165) is 103 Å². The summed E-state index contributed by atoms with van der Waals surface area (Å²) in [6.07, 6.45) is 52.8. The number of rotatable bonds is 42. The number of esters is 3. The van der Waals surface area contributed by atoms with Crippen LogP contribution in [0.2, 0.25) is 0 Å². The van der Waals surface area contributed by atoms with Crippen LogP contribution in [0.5, 0.6) is 0 Å². The fourth-order valence-electron chi connectivity index (χ4n) is 6.45. The molecule has 0 spiro atoms. The Hall–Kier alpha value is -2.63. The van der Waals surface area contributed by atoms with Crippen molar-refractivity contribution in [2.24, 2.45) is 0 Å². The van der Waals surface area contributed by atoms with Gasteiger partial charge in [-0.1, -0.05) is 185 Å². The smallest absolute Gasteiger partial charge is 0.306 e. The molecule has 6 nitrogen and oxygen atoms in total. The minimum Gasteiger partial charge on any atom is -0.462 e. The van der Waals surface area contributed by atoms with E-state index in [-0.39, 0.29) is 31.1 Å². The normalized spacial score (nSPS) is 12.4. The maximum Gasteiger partial charge on any atom is 0.306 e. The zero-order valence-corrected chi connectivity index (χ0v) is 36.9. The number of carbonyl (C=O) groups excluding carboxylic acids is 3. The zero-order valence-electron chi connectivity index (χ0n) is 36.9. The summed E-state index contributed by atoms with van der Waals surface area (Å²) in [5.74, 6) is -0.913. The van der Waals surface area contributed by atoms with Gasteiger partial charge in [0.2, 0.25) is 0 Å². The van der Waals surface area contributed by atoms with E-state index in [1.54, 1.807) is 0 Å². The first-order valence-electron chi connectivity index (χ1n) is 23.6. The van der Waals surface area contributed by atoms with Crippen molar-refractivity contribution in [1.82, 2.24) is 0 Å². The van der Waals surface area contributed by atoms with Crippen LogP contribution in [0.3, 0.4) is 0 Å². The van der Waals surface area contributed by atoms with Crippen molar-refractivity contribution >= 4 is 17.9 Å². The summed E-state index contributed by atoms with van der Waals surface area (Å²) in [6, 6.07) is 0. The Balaban J connectivity index is 4.11. The van der Waals surface area contributed by atoms with Crippen LogP contribution in [-0.2, 0) is 28.6 Å². The van der Waals surface area contributed by atoms with E-state index in [1.165, 1.54) is 89.9 Å². The lowest BCUT2D eigenvalue weighted by atomic mass is 10.1. The maximum absolute atomic E-state index is 12.6. The minimum atomic E-state index is -0.773. The second-order valence-electron chi connectivity index (χ2n) is 15.7. The summed E-state index contributed by atoms with van der Waals surface area (Å²) in [4.78, 5) is 37.4. The standard InChI is InChI=1S/C50H88O6/c1-4-7-10-13-15-17-19-20-21-22-23-24-25-26-27-28-29-30-31-33-34-37-40-43-49(52)55-46-47(45-54-48(51)42-39-36-12-9-6-3)56-50(53)44-41-38-35-32-18-16-14-11-8-5-2/h11,14,19-20,22-23,25-26,47H,4-10,12-13,15-18,21,24,27-46H2,1-3H3/b14-11-,20-19-,23-22-,26-25-. The summed E-state index contributed by atoms with van der Waals surface area (Å²) in [5.41, 5.74) is 0. The van der Waals surface area contributed by atoms with E-state index >= 15 is 0 Å². The second kappa shape index (κ2) is 45.1. The van der Waals surface area contributed by atoms with Gasteiger partial charge in [0.15, 0.2) is 6.10 Å². The number of unbranched alkanes of at least 4 members (excludes halogenated alkanes) is 23. The van der Waals surface area contributed by atoms with Gasteiger partial charge in [0.1, 0.15) is 13.2 Å². The van der Waals surface area contributed by atoms with Crippen LogP contribution < -0.4 is 0 Å². The Kier molecular flexibility index (Phi) is 43.0. The van der Waals surface area contributed by atoms with Gasteiger partial charge < -0.3 is 14.2 Å². The number of carbonyl (C=O) groups is 3. The van der Waals surface area contributed by atoms with Crippen LogP contribution in [-0.4, -0.2) is 37.2 Å². The molecule has 0 aliphatic rings. The molecular weight excluding hydrogens is 697 g/mol. The molecular formula is C50H88O6. The third-order valence-electron chi connectivity index (χ3n) is 10.0. The van der Waals surface area contributed by atoms with Gasteiger partial charge in [0.05, 0.1) is 0 Å². The van der Waals surface area contributed by atoms with Crippen molar-refractivity contribution in [3.05, 3.63) is 48.6 Å². The van der Waals surface area contributed by atoms with Gasteiger partial charge in [-0.15, -0.1) is 0 Å². The molecule has 0 N–H and O–H groups in total. The fourth-order valence-corrected chi connectivity index (χ4v) is 6.45. The van der Waals surface area contributed by atoms with Crippen molar-refractivity contribution in [3.8, 4) is 0 Å². The predicted octanol–water partition coefficient (Wildman–Crippen LogP) is 15.1. The monoisotopic (exact) mass is 785 g/mol. The molecule has 0 aromatic carbocycles. The third kappa shape index (κ3) is 42.5. The lowest BCUT2D eigenvalue weighted by molar-refractivity contribution is -0.167. The Bertz CT molecular complexity index is 996. The Morgan fingerprint density at radius 2 is 0.679 bits per heavy atom. The Morgan fingerprint density at radius 1 is 0.357 bits per heavy atom. The molecule has 0 amide bonds. The second-order valence-corrected chi connectivity index (χ2v) is 15.7. The maximum atomic E-state index is 12.6. The van der Waals surface area contributed by atoms with Crippen molar-refractivity contribution in [2.75, 3.05) is 13.2 Å². The highest BCUT2D eigenvalue weighted by Crippen LogP contribution is 2.14. The van der Waals surface area contributed by atoms with Crippen molar-refractivity contribution in [1.29, 1.82) is 0 Å². The van der Waals surface area contributed by atoms with Crippen LogP contribution in [0, 0.1) is 0 Å². The van der Waals surface area contributed by atoms with E-state index in [4.69, 9.17) is 14.2 Å². The summed E-state index contributed by atoms with van der Waals surface area (Å²) in [5, 5.41) is 0. The molecule has 0 bridgehead atoms. The minimum absolute atomic E-state index is 0.0799. The Morgan fingerprint density at radius 3 is 1.09 bits per heavy atom. The number of hydrogen-bond acceptors (Lipinski definition) is 6. The highest BCUT2D eigenvalue weighted by molar-refractivity contribution is 5.71. The predicted molar refractivity (Wildman–Crippen MR) is 238 cm³/mol. The number of ether oxygens (including phenoxy) is 3. The molecule has 0 saturated heterocycles. The lowest BCUT2D eigenvalue weighted by Crippen LogP contribution is -2.30. The molecule has 0 aliphatic carbocycles. The van der Waals surface area contributed by atoms with Gasteiger partial charge in [0, 0.05) is 19.3 Å². The van der Waals surface area contributed by atoms with Gasteiger partial charge in [-0.05, 0) is 77.0 Å². The van der Waals surface area contributed by atoms with Crippen LogP contribution >= 0.6 is 0 Å². The van der Waals surface area contributed by atoms with Gasteiger partial charge in [-0.25, -0.2) is 0 Å². The van der Waals surface area contributed by atoms with Crippen LogP contribution in [0.15, 0.2) is 48.6 Å². The summed E-state index contributed by atoms with van der Waals surface area (Å²) in [7, 11) is 0. The zero-order chi connectivity index (χ0) is 40.8. The molecule has 56 heavy (non-hydrogen) atoms. The molecule has 6 heteroatoms. The molecule has 1 atom stereocenters. The van der Waals surface area contributed by atoms with E-state index in [9.17, 15) is 14.4 Å². The van der Waals surface area contributed by atoms with Crippen molar-refractivity contribution < 1.29 is 28.6 Å². The first-order valence-corrected chi connectivity index (χ1v) is 23.6. The third-order valence-corrected chi connectivity index (χ3v) is 10.0. The van der Waals surface area contributed by atoms with Crippen LogP contribution in [0.25, 0.3) is 0 Å². The first-order chi connectivity index (χ1) is 27.5. The SMILES string of the molecule is CCC/C=C\CCCCCCCC(=O)OC(COC(=O)CCCCCCC)COC(=O)CCCCCCCCCC/C=C\C/C=C\C/C=C\CCCCCCC. The lowest BCUT2D eigenvalue weighted by Gasteiger charge is -2.18. The molecule has 0 fully saturated rings. The molecule has 0 radical (unpaired) electrons. The molecule has 0 aromatic rings. The average molecular weight is 785 g/mol. The summed E-state index contributed by atoms with van der Waals surface area (Å²) in [6.45, 7) is 6.46. The molecule has 1 unspecified atom stereocenters. The summed E-state index contributed by atoms with van der Waals surface area (Å²) >= 11 is 0. The highest BCUT2D eigenvalue weighted by Gasteiger charge is 2.19. The Labute approximate surface area is 346 Å². The van der Waals surface area contributed by atoms with E-state index < -0.39 is 6.10 Å². The molecule has 324 valence electrons. The van der Waals surface area contributed by atoms with Gasteiger partial charge >= 0.3 is 17.9 Å². The average Bonchev–Trinajstić information content (AvgIpc) is 3.19. The fraction of sp³-hybridized carbons (Fsp3) is 0.780. The number of hydrogen-bond donors (Lipinski definition) is 0. The molecule has 0 rings (SSSR count). The first kappa shape index (κ1) is 53.4. The van der Waals surface area contributed by atoms with Gasteiger partial charge in [-0.3, -0.25) is 14.4 Å². The number of allylic oxidation sites excluding steroid dienone is 8. The van der Waals surface area contributed by atoms with Gasteiger partial charge in [0.25, 0.3) is 0 Å². The van der Waals surface area contributed by atoms with E-state index in [2.05, 4.69) is 69.4 Å². The quantitative estimate of drug-likeness (QED) is 0.0265. The largest absolute Gasteiger partial charge is 0.462 e. The topological polar surface area (TPSA) is 78.9 Å². The molecule has 0 aliphatic heterocycles. The van der Waals surface area contributed by atoms with E-state index in [0.29, 0.717) is 19.3 Å².